The van der Waals surface area contributed by atoms with Crippen LogP contribution in [0.1, 0.15) is 13.8 Å². The third-order valence-electron chi connectivity index (χ3n) is 1.10. The Morgan fingerprint density at radius 2 is 1.53 bits per heavy atom. The Balaban J connectivity index is 0. The van der Waals surface area contributed by atoms with E-state index in [0.29, 0.717) is 0 Å². The lowest BCUT2D eigenvalue weighted by Crippen LogP contribution is -2.20. The molecule has 0 fully saturated rings. The first-order valence-corrected chi connectivity index (χ1v) is 5.97. The normalized spacial score (nSPS) is 11.1. The van der Waals surface area contributed by atoms with Crippen LogP contribution in [0.3, 0.4) is 0 Å². The molecule has 0 aliphatic carbocycles. The standard InChI is InChI=1S/C4H10O.C3H9O6P/c1-3-5-4-2;4-1-3(2-5)9-10(6,7)8/h3-4H2,1-2H3;3-5H,1-2H2,(H2,6,7,8). The van der Waals surface area contributed by atoms with Gasteiger partial charge in [-0.3, -0.25) is 4.52 Å². The molecule has 0 unspecified atom stereocenters. The minimum Gasteiger partial charge on any atom is -0.394 e. The van der Waals surface area contributed by atoms with E-state index in [9.17, 15) is 4.57 Å². The maximum atomic E-state index is 10.0. The molecule has 0 aromatic carbocycles. The summed E-state index contributed by atoms with van der Waals surface area (Å²) in [5.74, 6) is 0. The molecular weight excluding hydrogens is 227 g/mol. The lowest BCUT2D eigenvalue weighted by Gasteiger charge is -2.11. The summed E-state index contributed by atoms with van der Waals surface area (Å²) in [6.45, 7) is 4.42. The van der Waals surface area contributed by atoms with Gasteiger partial charge in [0.1, 0.15) is 6.10 Å². The number of phosphoric ester groups is 1. The van der Waals surface area contributed by atoms with Crippen molar-refractivity contribution in [2.75, 3.05) is 26.4 Å². The summed E-state index contributed by atoms with van der Waals surface area (Å²) in [6.07, 6.45) is -1.21. The van der Waals surface area contributed by atoms with Crippen molar-refractivity contribution in [2.45, 2.75) is 20.0 Å². The molecule has 0 bridgehead atoms. The average molecular weight is 246 g/mol. The predicted octanol–water partition coefficient (Wildman–Crippen LogP) is -0.508. The van der Waals surface area contributed by atoms with Gasteiger partial charge >= 0.3 is 7.82 Å². The van der Waals surface area contributed by atoms with Gasteiger partial charge < -0.3 is 24.7 Å². The molecule has 0 aromatic heterocycles. The molecule has 15 heavy (non-hydrogen) atoms. The molecule has 4 N–H and O–H groups in total. The van der Waals surface area contributed by atoms with Gasteiger partial charge in [-0.05, 0) is 13.8 Å². The molecule has 0 radical (unpaired) electrons. The zero-order valence-electron chi connectivity index (χ0n) is 8.87. The number of ether oxygens (including phenoxy) is 1. The molecule has 0 amide bonds. The van der Waals surface area contributed by atoms with E-state index in [2.05, 4.69) is 4.52 Å². The van der Waals surface area contributed by atoms with Crippen LogP contribution >= 0.6 is 7.82 Å². The van der Waals surface area contributed by atoms with Crippen molar-refractivity contribution >= 4 is 7.82 Å². The van der Waals surface area contributed by atoms with Gasteiger partial charge in [-0.2, -0.15) is 0 Å². The van der Waals surface area contributed by atoms with Crippen LogP contribution in [-0.2, 0) is 13.8 Å². The van der Waals surface area contributed by atoms with E-state index >= 15 is 0 Å². The summed E-state index contributed by atoms with van der Waals surface area (Å²) in [6, 6.07) is 0. The van der Waals surface area contributed by atoms with Crippen LogP contribution in [0.2, 0.25) is 0 Å². The summed E-state index contributed by atoms with van der Waals surface area (Å²) in [5, 5.41) is 16.5. The van der Waals surface area contributed by atoms with Crippen LogP contribution in [-0.4, -0.2) is 52.5 Å². The van der Waals surface area contributed by atoms with E-state index in [0.717, 1.165) is 13.2 Å². The van der Waals surface area contributed by atoms with Gasteiger partial charge in [0.05, 0.1) is 13.2 Å². The van der Waals surface area contributed by atoms with Gasteiger partial charge in [0.2, 0.25) is 0 Å². The van der Waals surface area contributed by atoms with Gasteiger partial charge in [-0.1, -0.05) is 0 Å². The molecule has 0 aromatic rings. The molecule has 0 spiro atoms. The second-order valence-electron chi connectivity index (χ2n) is 2.36. The first-order chi connectivity index (χ1) is 6.91. The third kappa shape index (κ3) is 16.7. The smallest absolute Gasteiger partial charge is 0.394 e. The zero-order valence-corrected chi connectivity index (χ0v) is 9.76. The number of hydrogen-bond donors (Lipinski definition) is 4. The number of phosphoric acid groups is 1. The fourth-order valence-electron chi connectivity index (χ4n) is 0.523. The molecular formula is C7H19O7P. The van der Waals surface area contributed by atoms with Crippen molar-refractivity contribution in [2.24, 2.45) is 0 Å². The molecule has 8 heteroatoms. The highest BCUT2D eigenvalue weighted by Gasteiger charge is 2.20. The van der Waals surface area contributed by atoms with Crippen molar-refractivity contribution in [3.8, 4) is 0 Å². The highest BCUT2D eigenvalue weighted by molar-refractivity contribution is 7.46. The Hall–Kier alpha value is -0.0100. The van der Waals surface area contributed by atoms with Gasteiger partial charge in [0.15, 0.2) is 0 Å². The fraction of sp³-hybridized carbons (Fsp3) is 1.00. The number of rotatable bonds is 6. The van der Waals surface area contributed by atoms with E-state index < -0.39 is 27.1 Å². The molecule has 0 saturated heterocycles. The topological polar surface area (TPSA) is 116 Å². The van der Waals surface area contributed by atoms with Gasteiger partial charge in [-0.25, -0.2) is 4.57 Å². The van der Waals surface area contributed by atoms with Crippen molar-refractivity contribution in [3.05, 3.63) is 0 Å². The molecule has 0 heterocycles. The van der Waals surface area contributed by atoms with E-state index in [1.807, 2.05) is 13.8 Å². The van der Waals surface area contributed by atoms with E-state index in [1.165, 1.54) is 0 Å². The summed E-state index contributed by atoms with van der Waals surface area (Å²) in [7, 11) is -4.57. The quantitative estimate of drug-likeness (QED) is 0.466. The first kappa shape index (κ1) is 17.4. The molecule has 0 atom stereocenters. The third-order valence-corrected chi connectivity index (χ3v) is 1.67. The maximum absolute atomic E-state index is 10.0. The number of aliphatic hydroxyl groups excluding tert-OH is 2. The second kappa shape index (κ2) is 10.5. The number of hydrogen-bond acceptors (Lipinski definition) is 5. The van der Waals surface area contributed by atoms with Crippen LogP contribution in [0.25, 0.3) is 0 Å². The molecule has 94 valence electrons. The molecule has 0 aliphatic rings. The minimum absolute atomic E-state index is 0.623. The van der Waals surface area contributed by atoms with Crippen molar-refractivity contribution in [3.63, 3.8) is 0 Å². The predicted molar refractivity (Wildman–Crippen MR) is 53.3 cm³/mol. The number of aliphatic hydroxyl groups is 2. The van der Waals surface area contributed by atoms with Gasteiger partial charge in [-0.15, -0.1) is 0 Å². The van der Waals surface area contributed by atoms with Gasteiger partial charge in [0.25, 0.3) is 0 Å². The van der Waals surface area contributed by atoms with Crippen LogP contribution in [0, 0.1) is 0 Å². The molecule has 0 rings (SSSR count). The summed E-state index contributed by atoms with van der Waals surface area (Å²) in [4.78, 5) is 16.2. The Kier molecular flexibility index (Phi) is 12.2. The molecule has 7 nitrogen and oxygen atoms in total. The lowest BCUT2D eigenvalue weighted by atomic mass is 10.4. The van der Waals surface area contributed by atoms with Crippen LogP contribution < -0.4 is 0 Å². The van der Waals surface area contributed by atoms with Crippen LogP contribution in [0.5, 0.6) is 0 Å². The second-order valence-corrected chi connectivity index (χ2v) is 3.56. The Morgan fingerprint density at radius 3 is 1.60 bits per heavy atom. The first-order valence-electron chi connectivity index (χ1n) is 4.44. The summed E-state index contributed by atoms with van der Waals surface area (Å²) in [5.41, 5.74) is 0. The maximum Gasteiger partial charge on any atom is 0.470 e. The molecule has 0 aliphatic heterocycles. The van der Waals surface area contributed by atoms with Gasteiger partial charge in [0, 0.05) is 13.2 Å². The van der Waals surface area contributed by atoms with E-state index in [4.69, 9.17) is 24.7 Å². The monoisotopic (exact) mass is 246 g/mol. The Bertz CT molecular complexity index is 163. The zero-order chi connectivity index (χ0) is 12.3. The van der Waals surface area contributed by atoms with Crippen LogP contribution in [0.4, 0.5) is 0 Å². The molecule has 0 saturated carbocycles. The fourth-order valence-corrected chi connectivity index (χ4v) is 1.04. The Labute approximate surface area is 88.9 Å². The average Bonchev–Trinajstić information content (AvgIpc) is 2.15. The highest BCUT2D eigenvalue weighted by Crippen LogP contribution is 2.37. The largest absolute Gasteiger partial charge is 0.470 e. The lowest BCUT2D eigenvalue weighted by molar-refractivity contribution is 0.0391. The van der Waals surface area contributed by atoms with Crippen molar-refractivity contribution < 1.29 is 33.8 Å². The van der Waals surface area contributed by atoms with E-state index in [1.54, 1.807) is 0 Å². The summed E-state index contributed by atoms with van der Waals surface area (Å²) < 4.78 is 18.7. The van der Waals surface area contributed by atoms with Crippen LogP contribution in [0.15, 0.2) is 0 Å². The summed E-state index contributed by atoms with van der Waals surface area (Å²) >= 11 is 0. The van der Waals surface area contributed by atoms with E-state index in [-0.39, 0.29) is 0 Å². The van der Waals surface area contributed by atoms with Crippen molar-refractivity contribution in [1.82, 2.24) is 0 Å². The SMILES string of the molecule is CCOCC.O=P(O)(O)OC(CO)CO. The minimum atomic E-state index is -4.57. The highest BCUT2D eigenvalue weighted by atomic mass is 31.2. The Morgan fingerprint density at radius 1 is 1.13 bits per heavy atom. The van der Waals surface area contributed by atoms with Crippen molar-refractivity contribution in [1.29, 1.82) is 0 Å².